The first-order chi connectivity index (χ1) is 17.3. The summed E-state index contributed by atoms with van der Waals surface area (Å²) in [4.78, 5) is 12.2. The number of hydrogen-bond donors (Lipinski definition) is 1. The molecule has 8 nitrogen and oxygen atoms in total. The predicted molar refractivity (Wildman–Crippen MR) is 137 cm³/mol. The quantitative estimate of drug-likeness (QED) is 0.583. The third kappa shape index (κ3) is 5.93. The first-order valence-corrected chi connectivity index (χ1v) is 12.9. The maximum Gasteiger partial charge on any atom is 0.149 e. The zero-order valence-electron chi connectivity index (χ0n) is 20.5. The number of anilines is 2. The molecular weight excluding hydrogens is 440 g/mol. The summed E-state index contributed by atoms with van der Waals surface area (Å²) in [7, 11) is 0. The Kier molecular flexibility index (Phi) is 8.11. The summed E-state index contributed by atoms with van der Waals surface area (Å²) in [6, 6.07) is 13.1. The first kappa shape index (κ1) is 24.0. The van der Waals surface area contributed by atoms with Crippen LogP contribution in [0.1, 0.15) is 28.7 Å². The molecule has 4 heterocycles. The highest BCUT2D eigenvalue weighted by Crippen LogP contribution is 2.34. The molecule has 2 saturated heterocycles. The Balaban J connectivity index is 1.36. The number of fused-ring (bicyclic) bond motifs is 1. The monoisotopic (exact) mass is 476 g/mol. The van der Waals surface area contributed by atoms with Crippen molar-refractivity contribution in [2.24, 2.45) is 0 Å². The second-order valence-corrected chi connectivity index (χ2v) is 9.51. The first-order valence-electron chi connectivity index (χ1n) is 12.9. The minimum Gasteiger partial charge on any atom is -0.379 e. The molecule has 0 amide bonds. The summed E-state index contributed by atoms with van der Waals surface area (Å²) in [5.74, 6) is 1.77. The smallest absolute Gasteiger partial charge is 0.149 e. The zero-order valence-corrected chi connectivity index (χ0v) is 20.5. The van der Waals surface area contributed by atoms with Gasteiger partial charge in [-0.3, -0.25) is 9.80 Å². The molecule has 1 N–H and O–H groups in total. The van der Waals surface area contributed by atoms with Crippen LogP contribution < -0.4 is 10.2 Å². The van der Waals surface area contributed by atoms with Crippen LogP contribution in [0.2, 0.25) is 0 Å². The van der Waals surface area contributed by atoms with Crippen LogP contribution in [0.3, 0.4) is 0 Å². The standard InChI is InChI=1S/C27H36N6O2/c28-19-24-23-7-10-32(20-22-5-2-1-3-6-22)21-25(23)26(30-27(24)33-13-17-35-18-14-33)29-8-4-9-31-11-15-34-16-12-31/h1-3,5-6H,4,7-18,20-21H2,(H,29,30). The van der Waals surface area contributed by atoms with E-state index < -0.39 is 0 Å². The molecule has 8 heteroatoms. The van der Waals surface area contributed by atoms with Crippen LogP contribution in [0.5, 0.6) is 0 Å². The molecule has 5 rings (SSSR count). The van der Waals surface area contributed by atoms with E-state index in [0.717, 1.165) is 102 Å². The average molecular weight is 477 g/mol. The minimum atomic E-state index is 0.677. The second-order valence-electron chi connectivity index (χ2n) is 9.51. The van der Waals surface area contributed by atoms with Crippen molar-refractivity contribution in [3.8, 4) is 6.07 Å². The van der Waals surface area contributed by atoms with Gasteiger partial charge in [0.15, 0.2) is 0 Å². The molecule has 0 bridgehead atoms. The summed E-state index contributed by atoms with van der Waals surface area (Å²) in [5.41, 5.74) is 4.42. The maximum absolute atomic E-state index is 10.2. The molecule has 3 aliphatic rings. The van der Waals surface area contributed by atoms with Gasteiger partial charge in [-0.15, -0.1) is 0 Å². The van der Waals surface area contributed by atoms with Crippen LogP contribution in [0.25, 0.3) is 0 Å². The summed E-state index contributed by atoms with van der Waals surface area (Å²) in [6.07, 6.45) is 1.92. The Labute approximate surface area is 208 Å². The molecule has 0 spiro atoms. The molecule has 0 unspecified atom stereocenters. The third-order valence-electron chi connectivity index (χ3n) is 7.17. The lowest BCUT2D eigenvalue weighted by Gasteiger charge is -2.34. The molecule has 2 fully saturated rings. The van der Waals surface area contributed by atoms with Crippen molar-refractivity contribution < 1.29 is 9.47 Å². The lowest BCUT2D eigenvalue weighted by Crippen LogP contribution is -2.39. The molecular formula is C27H36N6O2. The molecule has 1 aromatic carbocycles. The van der Waals surface area contributed by atoms with Gasteiger partial charge in [0.25, 0.3) is 0 Å². The van der Waals surface area contributed by atoms with Crippen molar-refractivity contribution >= 4 is 11.6 Å². The van der Waals surface area contributed by atoms with Crippen LogP contribution in [0.4, 0.5) is 11.6 Å². The highest BCUT2D eigenvalue weighted by molar-refractivity contribution is 5.67. The van der Waals surface area contributed by atoms with Crippen molar-refractivity contribution in [1.82, 2.24) is 14.8 Å². The fraction of sp³-hybridized carbons (Fsp3) is 0.556. The summed E-state index contributed by atoms with van der Waals surface area (Å²) in [6.45, 7) is 11.2. The lowest BCUT2D eigenvalue weighted by atomic mass is 9.95. The van der Waals surface area contributed by atoms with Crippen LogP contribution in [-0.4, -0.2) is 87.0 Å². The normalized spacial score (nSPS) is 19.2. The van der Waals surface area contributed by atoms with Crippen LogP contribution in [0, 0.1) is 11.3 Å². The van der Waals surface area contributed by atoms with Crippen molar-refractivity contribution in [3.63, 3.8) is 0 Å². The number of benzene rings is 1. The highest BCUT2D eigenvalue weighted by Gasteiger charge is 2.28. The van der Waals surface area contributed by atoms with E-state index in [4.69, 9.17) is 14.5 Å². The maximum atomic E-state index is 10.2. The average Bonchev–Trinajstić information content (AvgIpc) is 2.92. The predicted octanol–water partition coefficient (Wildman–Crippen LogP) is 2.48. The Morgan fingerprint density at radius 3 is 2.40 bits per heavy atom. The van der Waals surface area contributed by atoms with Crippen molar-refractivity contribution in [3.05, 3.63) is 52.6 Å². The fourth-order valence-electron chi connectivity index (χ4n) is 5.26. The second kappa shape index (κ2) is 11.8. The number of rotatable bonds is 8. The highest BCUT2D eigenvalue weighted by atomic mass is 16.5. The van der Waals surface area contributed by atoms with Crippen molar-refractivity contribution in [2.45, 2.75) is 25.9 Å². The van der Waals surface area contributed by atoms with Crippen molar-refractivity contribution in [2.75, 3.05) is 82.5 Å². The number of hydrogen-bond acceptors (Lipinski definition) is 8. The van der Waals surface area contributed by atoms with Gasteiger partial charge in [0.1, 0.15) is 17.7 Å². The van der Waals surface area contributed by atoms with Crippen LogP contribution in [0.15, 0.2) is 30.3 Å². The summed E-state index contributed by atoms with van der Waals surface area (Å²) < 4.78 is 11.0. The lowest BCUT2D eigenvalue weighted by molar-refractivity contribution is 0.0378. The molecule has 3 aliphatic heterocycles. The van der Waals surface area contributed by atoms with E-state index in [1.54, 1.807) is 0 Å². The number of nitriles is 1. The molecule has 0 atom stereocenters. The number of aromatic nitrogens is 1. The summed E-state index contributed by atoms with van der Waals surface area (Å²) in [5, 5.41) is 13.8. The van der Waals surface area contributed by atoms with E-state index in [1.807, 2.05) is 0 Å². The van der Waals surface area contributed by atoms with Gasteiger partial charge in [-0.05, 0) is 30.5 Å². The topological polar surface area (TPSA) is 76.9 Å². The number of nitrogens with one attached hydrogen (secondary N) is 1. The molecule has 186 valence electrons. The van der Waals surface area contributed by atoms with Crippen LogP contribution >= 0.6 is 0 Å². The SMILES string of the molecule is N#Cc1c(N2CCOCC2)nc(NCCCN2CCOCC2)c2c1CCN(Cc1ccccc1)C2. The molecule has 35 heavy (non-hydrogen) atoms. The van der Waals surface area contributed by atoms with Gasteiger partial charge in [-0.2, -0.15) is 5.26 Å². The number of morpholine rings is 2. The van der Waals surface area contributed by atoms with E-state index in [9.17, 15) is 5.26 Å². The molecule has 1 aromatic heterocycles. The number of ether oxygens (including phenoxy) is 2. The Bertz CT molecular complexity index is 1010. The molecule has 0 saturated carbocycles. The molecule has 0 aliphatic carbocycles. The Morgan fingerprint density at radius 2 is 1.66 bits per heavy atom. The fourth-order valence-corrected chi connectivity index (χ4v) is 5.26. The summed E-state index contributed by atoms with van der Waals surface area (Å²) >= 11 is 0. The van der Waals surface area contributed by atoms with E-state index in [-0.39, 0.29) is 0 Å². The minimum absolute atomic E-state index is 0.677. The zero-order chi connectivity index (χ0) is 23.9. The van der Waals surface area contributed by atoms with E-state index in [2.05, 4.69) is 56.4 Å². The van der Waals surface area contributed by atoms with Gasteiger partial charge in [-0.25, -0.2) is 4.98 Å². The van der Waals surface area contributed by atoms with E-state index >= 15 is 0 Å². The molecule has 2 aromatic rings. The Morgan fingerprint density at radius 1 is 0.914 bits per heavy atom. The van der Waals surface area contributed by atoms with Crippen molar-refractivity contribution in [1.29, 1.82) is 5.26 Å². The van der Waals surface area contributed by atoms with Gasteiger partial charge in [0, 0.05) is 57.9 Å². The van der Waals surface area contributed by atoms with Gasteiger partial charge < -0.3 is 19.7 Å². The van der Waals surface area contributed by atoms with Gasteiger partial charge in [-0.1, -0.05) is 30.3 Å². The molecule has 0 radical (unpaired) electrons. The largest absolute Gasteiger partial charge is 0.379 e. The van der Waals surface area contributed by atoms with Crippen LogP contribution in [-0.2, 0) is 29.0 Å². The van der Waals surface area contributed by atoms with Gasteiger partial charge >= 0.3 is 0 Å². The van der Waals surface area contributed by atoms with Gasteiger partial charge in [0.2, 0.25) is 0 Å². The number of nitrogens with zero attached hydrogens (tertiary/aromatic N) is 5. The van der Waals surface area contributed by atoms with E-state index in [1.165, 1.54) is 16.7 Å². The van der Waals surface area contributed by atoms with Gasteiger partial charge in [0.05, 0.1) is 32.0 Å². The number of pyridine rings is 1. The Hall–Kier alpha value is -2.70. The third-order valence-corrected chi connectivity index (χ3v) is 7.17. The van der Waals surface area contributed by atoms with E-state index in [0.29, 0.717) is 13.2 Å².